The lowest BCUT2D eigenvalue weighted by atomic mass is 9.48. The van der Waals surface area contributed by atoms with Crippen LogP contribution < -0.4 is 5.32 Å². The summed E-state index contributed by atoms with van der Waals surface area (Å²) in [5.41, 5.74) is 3.21. The molecular formula is C22H24N2O. The van der Waals surface area contributed by atoms with Crippen LogP contribution in [0, 0.1) is 17.8 Å². The molecule has 4 aliphatic carbocycles. The van der Waals surface area contributed by atoms with Crippen LogP contribution in [0.2, 0.25) is 0 Å². The molecule has 0 unspecified atom stereocenters. The molecule has 4 saturated carbocycles. The Morgan fingerprint density at radius 2 is 1.56 bits per heavy atom. The number of amides is 1. The van der Waals surface area contributed by atoms with E-state index in [9.17, 15) is 4.79 Å². The van der Waals surface area contributed by atoms with E-state index in [0.29, 0.717) is 11.1 Å². The van der Waals surface area contributed by atoms with Crippen molar-refractivity contribution in [3.8, 4) is 0 Å². The van der Waals surface area contributed by atoms with Gasteiger partial charge in [0.15, 0.2) is 0 Å². The van der Waals surface area contributed by atoms with Gasteiger partial charge in [-0.1, -0.05) is 18.2 Å². The van der Waals surface area contributed by atoms with Crippen molar-refractivity contribution in [1.82, 2.24) is 4.98 Å². The first-order valence-electron chi connectivity index (χ1n) is 9.53. The molecule has 25 heavy (non-hydrogen) atoms. The maximum atomic E-state index is 12.2. The van der Waals surface area contributed by atoms with Gasteiger partial charge in [0.2, 0.25) is 0 Å². The number of rotatable bonds is 3. The third-order valence-corrected chi connectivity index (χ3v) is 6.69. The molecule has 1 heterocycles. The van der Waals surface area contributed by atoms with Crippen LogP contribution in [0.25, 0.3) is 0 Å². The normalized spacial score (nSPS) is 32.6. The van der Waals surface area contributed by atoms with Crippen molar-refractivity contribution < 1.29 is 4.79 Å². The van der Waals surface area contributed by atoms with Crippen molar-refractivity contribution in [2.45, 2.75) is 43.9 Å². The van der Waals surface area contributed by atoms with Crippen LogP contribution in [-0.4, -0.2) is 10.9 Å². The van der Waals surface area contributed by atoms with Crippen LogP contribution in [0.4, 0.5) is 5.69 Å². The monoisotopic (exact) mass is 332 g/mol. The lowest BCUT2D eigenvalue weighted by molar-refractivity contribution is -0.00518. The summed E-state index contributed by atoms with van der Waals surface area (Å²) >= 11 is 0. The summed E-state index contributed by atoms with van der Waals surface area (Å²) in [6.45, 7) is 0. The predicted molar refractivity (Wildman–Crippen MR) is 98.5 cm³/mol. The molecule has 4 aliphatic rings. The summed E-state index contributed by atoms with van der Waals surface area (Å²) in [7, 11) is 0. The number of hydrogen-bond donors (Lipinski definition) is 1. The van der Waals surface area contributed by atoms with Crippen molar-refractivity contribution in [2.24, 2.45) is 17.8 Å². The first kappa shape index (κ1) is 15.1. The van der Waals surface area contributed by atoms with E-state index in [1.807, 2.05) is 12.1 Å². The minimum absolute atomic E-state index is 0.150. The Labute approximate surface area is 148 Å². The minimum Gasteiger partial charge on any atom is -0.321 e. The summed E-state index contributed by atoms with van der Waals surface area (Å²) in [4.78, 5) is 16.4. The van der Waals surface area contributed by atoms with Crippen LogP contribution in [0.15, 0.2) is 48.7 Å². The fourth-order valence-electron chi connectivity index (χ4n) is 6.06. The predicted octanol–water partition coefficient (Wildman–Crippen LogP) is 4.80. The Bertz CT molecular complexity index is 746. The van der Waals surface area contributed by atoms with Crippen molar-refractivity contribution in [1.29, 1.82) is 0 Å². The van der Waals surface area contributed by atoms with E-state index in [1.165, 1.54) is 44.1 Å². The van der Waals surface area contributed by atoms with Crippen LogP contribution in [0.1, 0.15) is 54.6 Å². The number of benzene rings is 1. The van der Waals surface area contributed by atoms with E-state index < -0.39 is 0 Å². The van der Waals surface area contributed by atoms with E-state index in [0.717, 1.165) is 23.4 Å². The molecule has 1 amide bonds. The molecule has 1 aromatic heterocycles. The molecule has 0 radical (unpaired) electrons. The molecule has 0 spiro atoms. The first-order chi connectivity index (χ1) is 12.2. The topological polar surface area (TPSA) is 42.0 Å². The van der Waals surface area contributed by atoms with E-state index >= 15 is 0 Å². The van der Waals surface area contributed by atoms with Crippen LogP contribution in [0.5, 0.6) is 0 Å². The molecule has 0 atom stereocenters. The van der Waals surface area contributed by atoms with Gasteiger partial charge in [-0.05, 0) is 91.5 Å². The molecule has 6 rings (SSSR count). The van der Waals surface area contributed by atoms with Gasteiger partial charge in [0, 0.05) is 11.9 Å². The number of aromatic nitrogens is 1. The van der Waals surface area contributed by atoms with Crippen LogP contribution in [-0.2, 0) is 5.41 Å². The number of carbonyl (C=O) groups is 1. The highest BCUT2D eigenvalue weighted by atomic mass is 16.1. The third-order valence-electron chi connectivity index (χ3n) is 6.69. The summed E-state index contributed by atoms with van der Waals surface area (Å²) in [5.74, 6) is 2.71. The molecule has 1 N–H and O–H groups in total. The van der Waals surface area contributed by atoms with Gasteiger partial charge in [0.1, 0.15) is 5.69 Å². The zero-order valence-electron chi connectivity index (χ0n) is 14.4. The lowest BCUT2D eigenvalue weighted by Gasteiger charge is -2.57. The van der Waals surface area contributed by atoms with Crippen molar-refractivity contribution in [3.63, 3.8) is 0 Å². The fraction of sp³-hybridized carbons (Fsp3) is 0.455. The SMILES string of the molecule is O=C(Nc1ccc(C23CC4CC(CC(C4)C2)C3)cc1)c1ccccn1. The Morgan fingerprint density at radius 1 is 0.920 bits per heavy atom. The van der Waals surface area contributed by atoms with Gasteiger partial charge in [-0.2, -0.15) is 0 Å². The minimum atomic E-state index is -0.150. The van der Waals surface area contributed by atoms with Crippen molar-refractivity contribution in [3.05, 3.63) is 59.9 Å². The average Bonchev–Trinajstić information content (AvgIpc) is 2.62. The van der Waals surface area contributed by atoms with Crippen molar-refractivity contribution >= 4 is 11.6 Å². The number of hydrogen-bond acceptors (Lipinski definition) is 2. The zero-order valence-corrected chi connectivity index (χ0v) is 14.4. The molecule has 4 bridgehead atoms. The highest BCUT2D eigenvalue weighted by Gasteiger charge is 2.51. The molecule has 2 aromatic rings. The molecule has 128 valence electrons. The molecule has 1 aromatic carbocycles. The Hall–Kier alpha value is -2.16. The second-order valence-corrected chi connectivity index (χ2v) is 8.44. The van der Waals surface area contributed by atoms with Crippen LogP contribution in [0.3, 0.4) is 0 Å². The molecular weight excluding hydrogens is 308 g/mol. The average molecular weight is 332 g/mol. The molecule has 0 saturated heterocycles. The van der Waals surface area contributed by atoms with Gasteiger partial charge in [-0.3, -0.25) is 9.78 Å². The Kier molecular flexibility index (Phi) is 3.44. The third kappa shape index (κ3) is 2.66. The van der Waals surface area contributed by atoms with Gasteiger partial charge in [0.05, 0.1) is 0 Å². The Balaban J connectivity index is 1.35. The Morgan fingerprint density at radius 3 is 2.12 bits per heavy atom. The molecule has 4 fully saturated rings. The van der Waals surface area contributed by atoms with E-state index in [-0.39, 0.29) is 5.91 Å². The lowest BCUT2D eigenvalue weighted by Crippen LogP contribution is -2.48. The molecule has 0 aliphatic heterocycles. The smallest absolute Gasteiger partial charge is 0.274 e. The fourth-order valence-corrected chi connectivity index (χ4v) is 6.06. The van der Waals surface area contributed by atoms with Gasteiger partial charge in [-0.25, -0.2) is 0 Å². The number of nitrogens with one attached hydrogen (secondary N) is 1. The highest BCUT2D eigenvalue weighted by molar-refractivity contribution is 6.02. The number of carbonyl (C=O) groups excluding carboxylic acids is 1. The van der Waals surface area contributed by atoms with E-state index in [2.05, 4.69) is 34.6 Å². The van der Waals surface area contributed by atoms with E-state index in [1.54, 1.807) is 12.3 Å². The van der Waals surface area contributed by atoms with E-state index in [4.69, 9.17) is 0 Å². The van der Waals surface area contributed by atoms with Gasteiger partial charge < -0.3 is 5.32 Å². The summed E-state index contributed by atoms with van der Waals surface area (Å²) in [6.07, 6.45) is 10.2. The highest BCUT2D eigenvalue weighted by Crippen LogP contribution is 2.60. The van der Waals surface area contributed by atoms with Gasteiger partial charge in [0.25, 0.3) is 5.91 Å². The number of nitrogens with zero attached hydrogens (tertiary/aromatic N) is 1. The largest absolute Gasteiger partial charge is 0.321 e. The zero-order chi connectivity index (χ0) is 16.9. The van der Waals surface area contributed by atoms with Crippen molar-refractivity contribution in [2.75, 3.05) is 5.32 Å². The maximum absolute atomic E-state index is 12.2. The first-order valence-corrected chi connectivity index (χ1v) is 9.53. The second kappa shape index (κ2) is 5.69. The summed E-state index contributed by atoms with van der Waals surface area (Å²) in [6, 6.07) is 14.0. The quantitative estimate of drug-likeness (QED) is 0.877. The van der Waals surface area contributed by atoms with Gasteiger partial charge >= 0.3 is 0 Å². The molecule has 3 heteroatoms. The number of pyridine rings is 1. The standard InChI is InChI=1S/C22H24N2O/c25-21(20-3-1-2-8-23-20)24-19-6-4-18(5-7-19)22-12-15-9-16(13-22)11-17(10-15)14-22/h1-8,15-17H,9-14H2,(H,24,25). The number of anilines is 1. The maximum Gasteiger partial charge on any atom is 0.274 e. The summed E-state index contributed by atoms with van der Waals surface area (Å²) in [5, 5.41) is 2.96. The second-order valence-electron chi connectivity index (χ2n) is 8.44. The van der Waals surface area contributed by atoms with Gasteiger partial charge in [-0.15, -0.1) is 0 Å². The molecule has 3 nitrogen and oxygen atoms in total. The van der Waals surface area contributed by atoms with Crippen LogP contribution >= 0.6 is 0 Å². The summed E-state index contributed by atoms with van der Waals surface area (Å²) < 4.78 is 0.